The first kappa shape index (κ1) is 19.6. The number of carbonyl (C=O) groups excluding carboxylic acids is 1. The number of hydrogen-bond acceptors (Lipinski definition) is 3. The molecule has 152 valence electrons. The van der Waals surface area contributed by atoms with E-state index in [1.165, 1.54) is 6.07 Å². The molecule has 0 atom stereocenters. The fourth-order valence-electron chi connectivity index (χ4n) is 3.10. The van der Waals surface area contributed by atoms with Crippen molar-refractivity contribution < 1.29 is 18.0 Å². The van der Waals surface area contributed by atoms with E-state index in [-0.39, 0.29) is 17.0 Å². The summed E-state index contributed by atoms with van der Waals surface area (Å²) in [5, 5.41) is 6.55. The van der Waals surface area contributed by atoms with Crippen LogP contribution >= 0.6 is 0 Å². The van der Waals surface area contributed by atoms with Crippen LogP contribution in [0.5, 0.6) is 0 Å². The molecule has 1 N–H and O–H groups in total. The second-order valence-electron chi connectivity index (χ2n) is 6.68. The molecule has 8 heteroatoms. The molecule has 4 rings (SSSR count). The maximum atomic E-state index is 13.6. The SMILES string of the molecule is O=C(NCCc1ccccc1)c1cc2nc(-c3ccccc3)cc(C(F)(F)F)n2n1. The van der Waals surface area contributed by atoms with E-state index in [1.807, 2.05) is 30.3 Å². The lowest BCUT2D eigenvalue weighted by Crippen LogP contribution is -2.26. The molecule has 0 saturated carbocycles. The molecule has 0 aliphatic carbocycles. The lowest BCUT2D eigenvalue weighted by Gasteiger charge is -2.10. The molecule has 0 bridgehead atoms. The van der Waals surface area contributed by atoms with E-state index in [1.54, 1.807) is 30.3 Å². The number of hydrogen-bond donors (Lipinski definition) is 1. The van der Waals surface area contributed by atoms with Crippen LogP contribution in [0.3, 0.4) is 0 Å². The van der Waals surface area contributed by atoms with Crippen LogP contribution in [0.1, 0.15) is 21.7 Å². The summed E-state index contributed by atoms with van der Waals surface area (Å²) >= 11 is 0. The molecule has 30 heavy (non-hydrogen) atoms. The zero-order chi connectivity index (χ0) is 21.1. The van der Waals surface area contributed by atoms with Crippen molar-refractivity contribution in [3.05, 3.63) is 89.7 Å². The summed E-state index contributed by atoms with van der Waals surface area (Å²) in [5.74, 6) is -0.550. The van der Waals surface area contributed by atoms with E-state index in [2.05, 4.69) is 15.4 Å². The van der Waals surface area contributed by atoms with Crippen LogP contribution in [0.25, 0.3) is 16.9 Å². The van der Waals surface area contributed by atoms with Crippen LogP contribution in [0.2, 0.25) is 0 Å². The maximum Gasteiger partial charge on any atom is 0.433 e. The predicted molar refractivity (Wildman–Crippen MR) is 106 cm³/mol. The molecular formula is C22H17F3N4O. The average Bonchev–Trinajstić information content (AvgIpc) is 3.18. The van der Waals surface area contributed by atoms with Crippen molar-refractivity contribution in [2.24, 2.45) is 0 Å². The van der Waals surface area contributed by atoms with Gasteiger partial charge in [-0.25, -0.2) is 9.50 Å². The molecule has 0 aliphatic heterocycles. The minimum absolute atomic E-state index is 0.0445. The third kappa shape index (κ3) is 4.17. The Morgan fingerprint density at radius 3 is 2.30 bits per heavy atom. The van der Waals surface area contributed by atoms with Crippen LogP contribution in [0, 0.1) is 0 Å². The van der Waals surface area contributed by atoms with Gasteiger partial charge in [0.05, 0.1) is 5.69 Å². The van der Waals surface area contributed by atoms with E-state index in [4.69, 9.17) is 0 Å². The quantitative estimate of drug-likeness (QED) is 0.531. The number of halogens is 3. The summed E-state index contributed by atoms with van der Waals surface area (Å²) in [4.78, 5) is 16.7. The first-order valence-electron chi connectivity index (χ1n) is 9.27. The molecule has 4 aromatic rings. The molecule has 0 saturated heterocycles. The van der Waals surface area contributed by atoms with E-state index in [0.717, 1.165) is 11.6 Å². The molecule has 2 aromatic carbocycles. The Bertz CT molecular complexity index is 1170. The first-order valence-corrected chi connectivity index (χ1v) is 9.27. The number of nitrogens with zero attached hydrogens (tertiary/aromatic N) is 3. The highest BCUT2D eigenvalue weighted by molar-refractivity contribution is 5.93. The maximum absolute atomic E-state index is 13.6. The van der Waals surface area contributed by atoms with E-state index >= 15 is 0 Å². The minimum Gasteiger partial charge on any atom is -0.350 e. The number of rotatable bonds is 5. The second kappa shape index (κ2) is 7.98. The number of amides is 1. The Morgan fingerprint density at radius 1 is 0.967 bits per heavy atom. The van der Waals surface area contributed by atoms with Gasteiger partial charge >= 0.3 is 6.18 Å². The fourth-order valence-corrected chi connectivity index (χ4v) is 3.10. The van der Waals surface area contributed by atoms with Crippen molar-refractivity contribution >= 4 is 11.6 Å². The van der Waals surface area contributed by atoms with Gasteiger partial charge in [-0.15, -0.1) is 0 Å². The molecule has 2 heterocycles. The van der Waals surface area contributed by atoms with Crippen LogP contribution in [-0.2, 0) is 12.6 Å². The Labute approximate surface area is 170 Å². The second-order valence-corrected chi connectivity index (χ2v) is 6.68. The van der Waals surface area contributed by atoms with E-state index in [0.29, 0.717) is 23.0 Å². The average molecular weight is 410 g/mol. The molecular weight excluding hydrogens is 393 g/mol. The summed E-state index contributed by atoms with van der Waals surface area (Å²) in [6.07, 6.45) is -4.05. The van der Waals surface area contributed by atoms with Gasteiger partial charge in [0, 0.05) is 18.2 Å². The van der Waals surface area contributed by atoms with Gasteiger partial charge in [0.1, 0.15) is 0 Å². The number of benzene rings is 2. The van der Waals surface area contributed by atoms with Crippen molar-refractivity contribution in [3.63, 3.8) is 0 Å². The zero-order valence-electron chi connectivity index (χ0n) is 15.7. The molecule has 0 spiro atoms. The monoisotopic (exact) mass is 410 g/mol. The Balaban J connectivity index is 1.63. The molecule has 0 fully saturated rings. The fraction of sp³-hybridized carbons (Fsp3) is 0.136. The normalized spacial score (nSPS) is 11.6. The van der Waals surface area contributed by atoms with Crippen LogP contribution in [-0.4, -0.2) is 27.0 Å². The summed E-state index contributed by atoms with van der Waals surface area (Å²) in [5.41, 5.74) is 0.589. The number of fused-ring (bicyclic) bond motifs is 1. The van der Waals surface area contributed by atoms with Crippen molar-refractivity contribution in [1.82, 2.24) is 19.9 Å². The molecule has 5 nitrogen and oxygen atoms in total. The van der Waals surface area contributed by atoms with Gasteiger partial charge in [-0.2, -0.15) is 18.3 Å². The Morgan fingerprint density at radius 2 is 1.63 bits per heavy atom. The summed E-state index contributed by atoms with van der Waals surface area (Å²) in [6, 6.07) is 20.3. The summed E-state index contributed by atoms with van der Waals surface area (Å²) in [6.45, 7) is 0.339. The van der Waals surface area contributed by atoms with Crippen molar-refractivity contribution in [3.8, 4) is 11.3 Å². The lowest BCUT2D eigenvalue weighted by molar-refractivity contribution is -0.142. The summed E-state index contributed by atoms with van der Waals surface area (Å²) in [7, 11) is 0. The highest BCUT2D eigenvalue weighted by Gasteiger charge is 2.35. The highest BCUT2D eigenvalue weighted by Crippen LogP contribution is 2.32. The van der Waals surface area contributed by atoms with Gasteiger partial charge in [0.2, 0.25) is 0 Å². The Hall–Kier alpha value is -3.68. The molecule has 0 aliphatic rings. The topological polar surface area (TPSA) is 59.3 Å². The van der Waals surface area contributed by atoms with Crippen molar-refractivity contribution in [2.75, 3.05) is 6.54 Å². The van der Waals surface area contributed by atoms with Gasteiger partial charge in [0.15, 0.2) is 17.0 Å². The number of carbonyl (C=O) groups is 1. The lowest BCUT2D eigenvalue weighted by atomic mass is 10.1. The summed E-state index contributed by atoms with van der Waals surface area (Å²) < 4.78 is 41.5. The predicted octanol–water partition coefficient (Wildman–Crippen LogP) is 4.39. The van der Waals surface area contributed by atoms with Gasteiger partial charge in [-0.1, -0.05) is 60.7 Å². The highest BCUT2D eigenvalue weighted by atomic mass is 19.4. The number of aromatic nitrogens is 3. The van der Waals surface area contributed by atoms with Crippen LogP contribution in [0.4, 0.5) is 13.2 Å². The smallest absolute Gasteiger partial charge is 0.350 e. The third-order valence-electron chi connectivity index (χ3n) is 4.56. The van der Waals surface area contributed by atoms with E-state index < -0.39 is 17.8 Å². The van der Waals surface area contributed by atoms with Crippen LogP contribution < -0.4 is 5.32 Å². The van der Waals surface area contributed by atoms with Gasteiger partial charge in [0.25, 0.3) is 5.91 Å². The number of nitrogens with one attached hydrogen (secondary N) is 1. The molecule has 0 radical (unpaired) electrons. The van der Waals surface area contributed by atoms with Gasteiger partial charge in [-0.05, 0) is 18.1 Å². The largest absolute Gasteiger partial charge is 0.433 e. The van der Waals surface area contributed by atoms with Gasteiger partial charge < -0.3 is 5.32 Å². The molecule has 0 unspecified atom stereocenters. The molecule has 1 amide bonds. The Kier molecular flexibility index (Phi) is 5.22. The van der Waals surface area contributed by atoms with Crippen molar-refractivity contribution in [1.29, 1.82) is 0 Å². The van der Waals surface area contributed by atoms with Crippen LogP contribution in [0.15, 0.2) is 72.8 Å². The van der Waals surface area contributed by atoms with Gasteiger partial charge in [-0.3, -0.25) is 4.79 Å². The van der Waals surface area contributed by atoms with E-state index in [9.17, 15) is 18.0 Å². The standard InChI is InChI=1S/C22H17F3N4O/c23-22(24,25)19-13-17(16-9-5-2-6-10-16)27-20-14-18(28-29(19)20)21(30)26-12-11-15-7-3-1-4-8-15/h1-10,13-14H,11-12H2,(H,26,30). The third-order valence-corrected chi connectivity index (χ3v) is 4.56. The number of alkyl halides is 3. The molecule has 2 aromatic heterocycles. The first-order chi connectivity index (χ1) is 14.4. The zero-order valence-corrected chi connectivity index (χ0v) is 15.7. The van der Waals surface area contributed by atoms with Crippen molar-refractivity contribution in [2.45, 2.75) is 12.6 Å². The minimum atomic E-state index is -4.65.